The maximum absolute atomic E-state index is 10.8. The summed E-state index contributed by atoms with van der Waals surface area (Å²) in [5.74, 6) is -0.440. The average Bonchev–Trinajstić information content (AvgIpc) is 2.54. The Bertz CT molecular complexity index is 519. The Morgan fingerprint density at radius 1 is 0.870 bits per heavy atom. The quantitative estimate of drug-likeness (QED) is 0.397. The van der Waals surface area contributed by atoms with Crippen molar-refractivity contribution in [3.05, 3.63) is 43.5 Å². The molecule has 0 unspecified atom stereocenters. The van der Waals surface area contributed by atoms with Crippen LogP contribution in [0.25, 0.3) is 0 Å². The van der Waals surface area contributed by atoms with E-state index in [9.17, 15) is 14.7 Å². The molecule has 0 aromatic heterocycles. The summed E-state index contributed by atoms with van der Waals surface area (Å²) in [4.78, 5) is 21.7. The molecule has 0 bridgehead atoms. The first-order chi connectivity index (χ1) is 11.0. The highest BCUT2D eigenvalue weighted by molar-refractivity contribution is 5.81. The van der Waals surface area contributed by atoms with Gasteiger partial charge in [-0.1, -0.05) is 13.2 Å². The molecule has 23 heavy (non-hydrogen) atoms. The monoisotopic (exact) mass is 322 g/mol. The van der Waals surface area contributed by atoms with E-state index < -0.39 is 11.9 Å². The van der Waals surface area contributed by atoms with Gasteiger partial charge < -0.3 is 24.1 Å². The Morgan fingerprint density at radius 2 is 1.30 bits per heavy atom. The lowest BCUT2D eigenvalue weighted by Crippen LogP contribution is -2.11. The molecule has 1 N–H and O–H groups in total. The summed E-state index contributed by atoms with van der Waals surface area (Å²) in [6, 6.07) is 4.32. The molecule has 0 heterocycles. The second-order valence-electron chi connectivity index (χ2n) is 4.10. The number of aromatic hydroxyl groups is 1. The molecule has 0 fully saturated rings. The van der Waals surface area contributed by atoms with Crippen molar-refractivity contribution in [2.45, 2.75) is 0 Å². The zero-order valence-electron chi connectivity index (χ0n) is 12.5. The molecule has 7 heteroatoms. The molecule has 0 spiro atoms. The molecule has 0 radical (unpaired) electrons. The second-order valence-corrected chi connectivity index (χ2v) is 4.10. The average molecular weight is 322 g/mol. The van der Waals surface area contributed by atoms with Gasteiger partial charge in [-0.15, -0.1) is 0 Å². The summed E-state index contributed by atoms with van der Waals surface area (Å²) in [5, 5.41) is 9.60. The van der Waals surface area contributed by atoms with E-state index >= 15 is 0 Å². The molecule has 0 aliphatic heterocycles. The lowest BCUT2D eigenvalue weighted by atomic mass is 10.3. The van der Waals surface area contributed by atoms with E-state index in [0.29, 0.717) is 11.5 Å². The molecule has 0 amide bonds. The minimum Gasteiger partial charge on any atom is -0.508 e. The Hall–Kier alpha value is -2.96. The predicted molar refractivity (Wildman–Crippen MR) is 81.4 cm³/mol. The zero-order valence-corrected chi connectivity index (χ0v) is 12.5. The van der Waals surface area contributed by atoms with Crippen LogP contribution in [-0.4, -0.2) is 43.5 Å². The second kappa shape index (κ2) is 9.88. The fourth-order valence-electron chi connectivity index (χ4n) is 1.44. The van der Waals surface area contributed by atoms with Crippen molar-refractivity contribution in [2.75, 3.05) is 26.4 Å². The highest BCUT2D eigenvalue weighted by Gasteiger charge is 2.04. The minimum absolute atomic E-state index is 0.0498. The summed E-state index contributed by atoms with van der Waals surface area (Å²) >= 11 is 0. The summed E-state index contributed by atoms with van der Waals surface area (Å²) in [6.07, 6.45) is 2.11. The smallest absolute Gasteiger partial charge is 0.330 e. The van der Waals surface area contributed by atoms with E-state index in [2.05, 4.69) is 13.2 Å². The van der Waals surface area contributed by atoms with Crippen LogP contribution in [0.15, 0.2) is 43.5 Å². The van der Waals surface area contributed by atoms with E-state index in [1.165, 1.54) is 12.1 Å². The highest BCUT2D eigenvalue weighted by atomic mass is 16.6. The molecule has 0 saturated heterocycles. The summed E-state index contributed by atoms with van der Waals surface area (Å²) in [7, 11) is 0. The minimum atomic E-state index is -0.539. The van der Waals surface area contributed by atoms with Gasteiger partial charge in [-0.05, 0) is 0 Å². The first-order valence-electron chi connectivity index (χ1n) is 6.73. The van der Waals surface area contributed by atoms with Crippen molar-refractivity contribution in [3.63, 3.8) is 0 Å². The van der Waals surface area contributed by atoms with Gasteiger partial charge >= 0.3 is 11.9 Å². The number of benzene rings is 1. The van der Waals surface area contributed by atoms with Crippen molar-refractivity contribution in [1.82, 2.24) is 0 Å². The van der Waals surface area contributed by atoms with Crippen LogP contribution in [0, 0.1) is 0 Å². The van der Waals surface area contributed by atoms with Crippen LogP contribution < -0.4 is 9.47 Å². The molecule has 124 valence electrons. The fourth-order valence-corrected chi connectivity index (χ4v) is 1.44. The van der Waals surface area contributed by atoms with Crippen LogP contribution in [0.5, 0.6) is 17.2 Å². The third kappa shape index (κ3) is 7.56. The molecule has 7 nitrogen and oxygen atoms in total. The molecule has 0 aliphatic carbocycles. The van der Waals surface area contributed by atoms with Gasteiger partial charge in [-0.25, -0.2) is 9.59 Å². The highest BCUT2D eigenvalue weighted by Crippen LogP contribution is 2.26. The van der Waals surface area contributed by atoms with Gasteiger partial charge in [0.1, 0.15) is 43.7 Å². The largest absolute Gasteiger partial charge is 0.508 e. The zero-order chi connectivity index (χ0) is 17.1. The first-order valence-corrected chi connectivity index (χ1v) is 6.73. The molecule has 0 aliphatic rings. The number of rotatable bonds is 10. The van der Waals surface area contributed by atoms with Crippen LogP contribution >= 0.6 is 0 Å². The molecule has 0 atom stereocenters. The summed E-state index contributed by atoms with van der Waals surface area (Å²) in [6.45, 7) is 6.86. The van der Waals surface area contributed by atoms with Gasteiger partial charge in [-0.2, -0.15) is 0 Å². The van der Waals surface area contributed by atoms with Gasteiger partial charge in [0.25, 0.3) is 0 Å². The lowest BCUT2D eigenvalue weighted by Gasteiger charge is -2.10. The fraction of sp³-hybridized carbons (Fsp3) is 0.250. The molecule has 1 rings (SSSR count). The predicted octanol–water partition coefficient (Wildman–Crippen LogP) is 1.61. The van der Waals surface area contributed by atoms with Gasteiger partial charge in [0, 0.05) is 30.4 Å². The standard InChI is InChI=1S/C16H18O7/c1-3-15(18)22-7-5-20-13-9-12(17)10-14(11-13)21-6-8-23-16(19)4-2/h3-4,9-11,17H,1-2,5-8H2. The number of carbonyl (C=O) groups is 2. The third-order valence-electron chi connectivity index (χ3n) is 2.39. The van der Waals surface area contributed by atoms with Crippen LogP contribution in [0.4, 0.5) is 0 Å². The van der Waals surface area contributed by atoms with E-state index in [0.717, 1.165) is 12.2 Å². The number of phenols is 1. The van der Waals surface area contributed by atoms with E-state index in [1.54, 1.807) is 6.07 Å². The Labute approximate surface area is 133 Å². The third-order valence-corrected chi connectivity index (χ3v) is 2.39. The molecule has 1 aromatic rings. The lowest BCUT2D eigenvalue weighted by molar-refractivity contribution is -0.139. The Balaban J connectivity index is 2.41. The van der Waals surface area contributed by atoms with Crippen molar-refractivity contribution in [2.24, 2.45) is 0 Å². The van der Waals surface area contributed by atoms with Crippen molar-refractivity contribution < 1.29 is 33.6 Å². The summed E-state index contributed by atoms with van der Waals surface area (Å²) < 4.78 is 20.2. The number of ether oxygens (including phenoxy) is 4. The topological polar surface area (TPSA) is 91.3 Å². The molecule has 0 saturated carbocycles. The van der Waals surface area contributed by atoms with Crippen LogP contribution in [0.1, 0.15) is 0 Å². The van der Waals surface area contributed by atoms with Gasteiger partial charge in [0.05, 0.1) is 0 Å². The van der Waals surface area contributed by atoms with Gasteiger partial charge in [-0.3, -0.25) is 0 Å². The van der Waals surface area contributed by atoms with Crippen molar-refractivity contribution in [1.29, 1.82) is 0 Å². The van der Waals surface area contributed by atoms with E-state index in [1.807, 2.05) is 0 Å². The normalized spacial score (nSPS) is 9.57. The number of carbonyl (C=O) groups excluding carboxylic acids is 2. The number of hydrogen-bond donors (Lipinski definition) is 1. The van der Waals surface area contributed by atoms with Crippen molar-refractivity contribution in [3.8, 4) is 17.2 Å². The summed E-state index contributed by atoms with van der Waals surface area (Å²) in [5.41, 5.74) is 0. The number of hydrogen-bond acceptors (Lipinski definition) is 7. The van der Waals surface area contributed by atoms with E-state index in [-0.39, 0.29) is 32.2 Å². The molecule has 1 aromatic carbocycles. The van der Waals surface area contributed by atoms with Crippen molar-refractivity contribution >= 4 is 11.9 Å². The number of esters is 2. The number of phenolic OH excluding ortho intramolecular Hbond substituents is 1. The van der Waals surface area contributed by atoms with Gasteiger partial charge in [0.15, 0.2) is 0 Å². The van der Waals surface area contributed by atoms with Crippen LogP contribution in [-0.2, 0) is 19.1 Å². The maximum atomic E-state index is 10.8. The Kier molecular flexibility index (Phi) is 7.77. The SMILES string of the molecule is C=CC(=O)OCCOc1cc(O)cc(OCCOC(=O)C=C)c1. The first kappa shape index (κ1) is 18.1. The van der Waals surface area contributed by atoms with Gasteiger partial charge in [0.2, 0.25) is 0 Å². The van der Waals surface area contributed by atoms with Crippen LogP contribution in [0.2, 0.25) is 0 Å². The Morgan fingerprint density at radius 3 is 1.70 bits per heavy atom. The van der Waals surface area contributed by atoms with Crippen LogP contribution in [0.3, 0.4) is 0 Å². The molecular formula is C16H18O7. The maximum Gasteiger partial charge on any atom is 0.330 e. The van der Waals surface area contributed by atoms with E-state index in [4.69, 9.17) is 18.9 Å². The molecular weight excluding hydrogens is 304 g/mol.